The van der Waals surface area contributed by atoms with E-state index in [1.165, 1.54) is 0 Å². The van der Waals surface area contributed by atoms with Gasteiger partial charge >= 0.3 is 0 Å². The number of hydrogen-bond donors (Lipinski definition) is 2. The fraction of sp³-hybridized carbons (Fsp3) is 0.250. The molecule has 3 rings (SSSR count). The van der Waals surface area contributed by atoms with Crippen LogP contribution in [-0.2, 0) is 6.54 Å². The number of anilines is 1. The van der Waals surface area contributed by atoms with Crippen LogP contribution in [0, 0.1) is 0 Å². The van der Waals surface area contributed by atoms with E-state index in [0.717, 1.165) is 11.5 Å². The highest BCUT2D eigenvalue weighted by atomic mass is 32.1. The Morgan fingerprint density at radius 2 is 2.30 bits per heavy atom. The fourth-order valence-electron chi connectivity index (χ4n) is 2.06. The summed E-state index contributed by atoms with van der Waals surface area (Å²) >= 11 is 1.16. The highest BCUT2D eigenvalue weighted by Crippen LogP contribution is 2.25. The summed E-state index contributed by atoms with van der Waals surface area (Å²) in [5, 5.41) is 4.66. The van der Waals surface area contributed by atoms with E-state index in [4.69, 9.17) is 10.6 Å². The van der Waals surface area contributed by atoms with Crippen molar-refractivity contribution in [2.45, 2.75) is 6.54 Å². The van der Waals surface area contributed by atoms with Gasteiger partial charge in [-0.05, 0) is 12.1 Å². The second kappa shape index (κ2) is 5.43. The summed E-state index contributed by atoms with van der Waals surface area (Å²) in [4.78, 5) is 14.2. The van der Waals surface area contributed by atoms with Gasteiger partial charge in [0.05, 0.1) is 18.7 Å². The van der Waals surface area contributed by atoms with Gasteiger partial charge in [0, 0.05) is 11.5 Å². The van der Waals surface area contributed by atoms with Crippen LogP contribution in [0.25, 0.3) is 0 Å². The van der Waals surface area contributed by atoms with E-state index in [1.807, 2.05) is 12.1 Å². The van der Waals surface area contributed by atoms with E-state index < -0.39 is 0 Å². The monoisotopic (exact) mass is 291 g/mol. The number of hydrazine groups is 1. The molecule has 0 bridgehead atoms. The molecule has 0 radical (unpaired) electrons. The Bertz CT molecular complexity index is 630. The smallest absolute Gasteiger partial charge is 0.258 e. The number of carbonyl (C=O) groups is 1. The van der Waals surface area contributed by atoms with Gasteiger partial charge in [-0.15, -0.1) is 5.10 Å². The number of nitrogens with two attached hydrogens (primary N) is 1. The molecule has 2 aromatic rings. The highest BCUT2D eigenvalue weighted by Gasteiger charge is 2.24. The lowest BCUT2D eigenvalue weighted by Crippen LogP contribution is -2.32. The molecule has 1 aromatic carbocycles. The molecule has 8 heteroatoms. The van der Waals surface area contributed by atoms with Crippen molar-refractivity contribution in [3.63, 3.8) is 0 Å². The van der Waals surface area contributed by atoms with Crippen molar-refractivity contribution in [1.29, 1.82) is 0 Å². The van der Waals surface area contributed by atoms with E-state index in [9.17, 15) is 4.79 Å². The third-order valence-electron chi connectivity index (χ3n) is 3.05. The second-order valence-corrected chi connectivity index (χ2v) is 5.02. The molecule has 0 fully saturated rings. The molecular weight excluding hydrogens is 278 g/mol. The molecule has 20 heavy (non-hydrogen) atoms. The van der Waals surface area contributed by atoms with Gasteiger partial charge in [-0.2, -0.15) is 0 Å². The zero-order valence-corrected chi connectivity index (χ0v) is 11.4. The first kappa shape index (κ1) is 12.8. The number of amides is 1. The fourth-order valence-corrected chi connectivity index (χ4v) is 2.54. The van der Waals surface area contributed by atoms with Crippen LogP contribution in [0.3, 0.4) is 0 Å². The van der Waals surface area contributed by atoms with Crippen LogP contribution in [0.1, 0.15) is 16.1 Å². The molecule has 1 aliphatic rings. The third kappa shape index (κ3) is 2.30. The summed E-state index contributed by atoms with van der Waals surface area (Å²) in [6.45, 7) is 1.30. The molecule has 0 saturated carbocycles. The van der Waals surface area contributed by atoms with Crippen molar-refractivity contribution in [3.8, 4) is 5.75 Å². The number of nitrogen functional groups attached to an aromatic ring is 1. The third-order valence-corrected chi connectivity index (χ3v) is 3.75. The number of aromatic nitrogens is 2. The lowest BCUT2D eigenvalue weighted by molar-refractivity contribution is 0.0741. The van der Waals surface area contributed by atoms with Crippen LogP contribution in [-0.4, -0.2) is 33.5 Å². The lowest BCUT2D eigenvalue weighted by atomic mass is 10.2. The first-order chi connectivity index (χ1) is 9.79. The van der Waals surface area contributed by atoms with Crippen molar-refractivity contribution < 1.29 is 9.53 Å². The van der Waals surface area contributed by atoms with E-state index in [-0.39, 0.29) is 5.91 Å². The largest absolute Gasteiger partial charge is 0.491 e. The van der Waals surface area contributed by atoms with Gasteiger partial charge in [-0.25, -0.2) is 5.84 Å². The summed E-state index contributed by atoms with van der Waals surface area (Å²) in [5.41, 5.74) is 3.76. The van der Waals surface area contributed by atoms with Gasteiger partial charge in [-0.3, -0.25) is 4.79 Å². The molecule has 0 saturated heterocycles. The Balaban J connectivity index is 1.86. The maximum absolute atomic E-state index is 12.5. The zero-order valence-electron chi connectivity index (χ0n) is 10.6. The van der Waals surface area contributed by atoms with Crippen LogP contribution < -0.4 is 16.0 Å². The lowest BCUT2D eigenvalue weighted by Gasteiger charge is -2.18. The molecule has 0 unspecified atom stereocenters. The van der Waals surface area contributed by atoms with Crippen LogP contribution in [0.4, 0.5) is 5.00 Å². The standard InChI is InChI=1S/C12H13N5O2S/c13-14-11-9(15-16-20-11)7-17-5-6-19-10-4-2-1-3-8(10)12(17)18/h1-4,14H,5-7,13H2. The molecule has 104 valence electrons. The normalized spacial score (nSPS) is 14.4. The molecule has 1 aromatic heterocycles. The second-order valence-electron chi connectivity index (χ2n) is 4.26. The summed E-state index contributed by atoms with van der Waals surface area (Å²) in [7, 11) is 0. The van der Waals surface area contributed by atoms with Crippen molar-refractivity contribution in [3.05, 3.63) is 35.5 Å². The van der Waals surface area contributed by atoms with E-state index >= 15 is 0 Å². The van der Waals surface area contributed by atoms with Crippen LogP contribution in [0.15, 0.2) is 24.3 Å². The average Bonchev–Trinajstić information content (AvgIpc) is 2.86. The van der Waals surface area contributed by atoms with Crippen molar-refractivity contribution >= 4 is 22.4 Å². The van der Waals surface area contributed by atoms with Crippen LogP contribution in [0.5, 0.6) is 5.75 Å². The number of fused-ring (bicyclic) bond motifs is 1. The minimum atomic E-state index is -0.0749. The summed E-state index contributed by atoms with van der Waals surface area (Å²) in [6, 6.07) is 7.23. The van der Waals surface area contributed by atoms with E-state index in [0.29, 0.717) is 41.7 Å². The molecule has 1 amide bonds. The number of para-hydroxylation sites is 1. The number of hydrogen-bond acceptors (Lipinski definition) is 7. The summed E-state index contributed by atoms with van der Waals surface area (Å²) in [5.74, 6) is 5.94. The number of nitrogens with one attached hydrogen (secondary N) is 1. The Morgan fingerprint density at radius 1 is 1.45 bits per heavy atom. The molecule has 1 aliphatic heterocycles. The van der Waals surface area contributed by atoms with Gasteiger partial charge in [0.2, 0.25) is 0 Å². The molecule has 0 aliphatic carbocycles. The quantitative estimate of drug-likeness (QED) is 0.643. The Morgan fingerprint density at radius 3 is 3.15 bits per heavy atom. The van der Waals surface area contributed by atoms with Gasteiger partial charge in [-0.1, -0.05) is 16.6 Å². The van der Waals surface area contributed by atoms with Gasteiger partial charge in [0.15, 0.2) is 0 Å². The Labute approximate surface area is 119 Å². The summed E-state index contributed by atoms with van der Waals surface area (Å²) < 4.78 is 9.42. The zero-order chi connectivity index (χ0) is 13.9. The maximum atomic E-state index is 12.5. The minimum absolute atomic E-state index is 0.0749. The number of benzene rings is 1. The van der Waals surface area contributed by atoms with Gasteiger partial charge in [0.25, 0.3) is 5.91 Å². The first-order valence-corrected chi connectivity index (χ1v) is 6.86. The van der Waals surface area contributed by atoms with Gasteiger partial charge in [0.1, 0.15) is 23.1 Å². The van der Waals surface area contributed by atoms with Crippen LogP contribution in [0.2, 0.25) is 0 Å². The molecular formula is C12H13N5O2S. The molecule has 2 heterocycles. The molecule has 7 nitrogen and oxygen atoms in total. The highest BCUT2D eigenvalue weighted by molar-refractivity contribution is 7.10. The average molecular weight is 291 g/mol. The Kier molecular flexibility index (Phi) is 3.48. The maximum Gasteiger partial charge on any atom is 0.258 e. The molecule has 0 atom stereocenters. The van der Waals surface area contributed by atoms with Crippen molar-refractivity contribution in [1.82, 2.24) is 14.5 Å². The summed E-state index contributed by atoms with van der Waals surface area (Å²) in [6.07, 6.45) is 0. The molecule has 0 spiro atoms. The van der Waals surface area contributed by atoms with Crippen LogP contribution >= 0.6 is 11.5 Å². The minimum Gasteiger partial charge on any atom is -0.491 e. The van der Waals surface area contributed by atoms with E-state index in [2.05, 4.69) is 15.0 Å². The topological polar surface area (TPSA) is 93.4 Å². The van der Waals surface area contributed by atoms with Gasteiger partial charge < -0.3 is 15.1 Å². The van der Waals surface area contributed by atoms with Crippen molar-refractivity contribution in [2.75, 3.05) is 18.6 Å². The predicted molar refractivity (Wildman–Crippen MR) is 74.4 cm³/mol. The Hall–Kier alpha value is -2.19. The number of carbonyl (C=O) groups excluding carboxylic acids is 1. The number of rotatable bonds is 3. The predicted octanol–water partition coefficient (Wildman–Crippen LogP) is 0.858. The van der Waals surface area contributed by atoms with E-state index in [1.54, 1.807) is 17.0 Å². The first-order valence-electron chi connectivity index (χ1n) is 6.08. The van der Waals surface area contributed by atoms with Crippen molar-refractivity contribution in [2.24, 2.45) is 5.84 Å². The number of nitrogens with zero attached hydrogens (tertiary/aromatic N) is 3. The molecule has 3 N–H and O–H groups in total. The number of ether oxygens (including phenoxy) is 1. The SMILES string of the molecule is NNc1snnc1CN1CCOc2ccccc2C1=O.